The second kappa shape index (κ2) is 9.38. The number of methoxy groups -OCH3 is 1. The van der Waals surface area contributed by atoms with E-state index in [0.717, 1.165) is 37.8 Å². The van der Waals surface area contributed by atoms with Crippen molar-refractivity contribution >= 4 is 16.5 Å². The van der Waals surface area contributed by atoms with E-state index in [9.17, 15) is 0 Å². The molecule has 0 aliphatic heterocycles. The predicted molar refractivity (Wildman–Crippen MR) is 92.6 cm³/mol. The van der Waals surface area contributed by atoms with Crippen molar-refractivity contribution in [3.05, 3.63) is 10.6 Å². The van der Waals surface area contributed by atoms with Gasteiger partial charge in [-0.3, -0.25) is 0 Å². The van der Waals surface area contributed by atoms with E-state index >= 15 is 0 Å². The Morgan fingerprint density at radius 3 is 2.52 bits per heavy atom. The molecule has 1 unspecified atom stereocenters. The highest BCUT2D eigenvalue weighted by Gasteiger charge is 2.20. The van der Waals surface area contributed by atoms with Crippen molar-refractivity contribution in [2.24, 2.45) is 0 Å². The van der Waals surface area contributed by atoms with Crippen LogP contribution in [-0.4, -0.2) is 37.8 Å². The van der Waals surface area contributed by atoms with Gasteiger partial charge in [0.15, 0.2) is 5.13 Å². The monoisotopic (exact) mass is 313 g/mol. The molecule has 1 aromatic rings. The van der Waals surface area contributed by atoms with Crippen LogP contribution in [0.4, 0.5) is 5.13 Å². The summed E-state index contributed by atoms with van der Waals surface area (Å²) in [5, 5.41) is 4.57. The Bertz CT molecular complexity index is 406. The van der Waals surface area contributed by atoms with E-state index in [1.165, 1.54) is 10.6 Å². The van der Waals surface area contributed by atoms with Crippen LogP contribution in [0, 0.1) is 0 Å². The molecule has 1 aromatic heterocycles. The highest BCUT2D eigenvalue weighted by molar-refractivity contribution is 7.15. The van der Waals surface area contributed by atoms with Crippen LogP contribution in [0.3, 0.4) is 0 Å². The average molecular weight is 314 g/mol. The molecule has 0 bridgehead atoms. The SMILES string of the molecule is CCNCc1sc(N(CCOC)C(C)C)nc1C(C)CC. The van der Waals surface area contributed by atoms with E-state index in [4.69, 9.17) is 9.72 Å². The summed E-state index contributed by atoms with van der Waals surface area (Å²) in [6.45, 7) is 14.6. The quantitative estimate of drug-likeness (QED) is 0.716. The van der Waals surface area contributed by atoms with Crippen LogP contribution in [0.5, 0.6) is 0 Å². The molecule has 0 saturated carbocycles. The van der Waals surface area contributed by atoms with Gasteiger partial charge in [-0.05, 0) is 32.7 Å². The number of hydrogen-bond donors (Lipinski definition) is 1. The molecular formula is C16H31N3OS. The Kier molecular flexibility index (Phi) is 8.22. The van der Waals surface area contributed by atoms with Gasteiger partial charge >= 0.3 is 0 Å². The highest BCUT2D eigenvalue weighted by atomic mass is 32.1. The number of aromatic nitrogens is 1. The van der Waals surface area contributed by atoms with E-state index in [1.807, 2.05) is 11.3 Å². The van der Waals surface area contributed by atoms with Crippen molar-refractivity contribution in [1.82, 2.24) is 10.3 Å². The number of nitrogens with zero attached hydrogens (tertiary/aromatic N) is 2. The molecule has 4 nitrogen and oxygen atoms in total. The van der Waals surface area contributed by atoms with Crippen LogP contribution in [0.1, 0.15) is 57.5 Å². The molecule has 0 saturated heterocycles. The fraction of sp³-hybridized carbons (Fsp3) is 0.812. The third kappa shape index (κ3) is 5.24. The van der Waals surface area contributed by atoms with Crippen LogP contribution < -0.4 is 10.2 Å². The van der Waals surface area contributed by atoms with E-state index in [1.54, 1.807) is 7.11 Å². The lowest BCUT2D eigenvalue weighted by Gasteiger charge is -2.25. The molecule has 5 heteroatoms. The minimum Gasteiger partial charge on any atom is -0.383 e. The molecule has 1 atom stereocenters. The fourth-order valence-electron chi connectivity index (χ4n) is 2.18. The van der Waals surface area contributed by atoms with E-state index in [2.05, 4.69) is 44.8 Å². The zero-order chi connectivity index (χ0) is 15.8. The minimum absolute atomic E-state index is 0.433. The van der Waals surface area contributed by atoms with Crippen molar-refractivity contribution in [3.8, 4) is 0 Å². The number of ether oxygens (including phenoxy) is 1. The van der Waals surface area contributed by atoms with Gasteiger partial charge in [-0.1, -0.05) is 20.8 Å². The molecule has 0 fully saturated rings. The summed E-state index contributed by atoms with van der Waals surface area (Å²) in [5.74, 6) is 0.514. The molecular weight excluding hydrogens is 282 g/mol. The highest BCUT2D eigenvalue weighted by Crippen LogP contribution is 2.33. The zero-order valence-corrected chi connectivity index (χ0v) is 15.2. The van der Waals surface area contributed by atoms with E-state index in [0.29, 0.717) is 12.0 Å². The smallest absolute Gasteiger partial charge is 0.186 e. The molecule has 0 aliphatic carbocycles. The average Bonchev–Trinajstić information content (AvgIpc) is 2.88. The first-order chi connectivity index (χ1) is 10.0. The Morgan fingerprint density at radius 1 is 1.29 bits per heavy atom. The largest absolute Gasteiger partial charge is 0.383 e. The first-order valence-electron chi connectivity index (χ1n) is 8.00. The molecule has 0 radical (unpaired) electrons. The Labute approximate surface area is 133 Å². The molecule has 21 heavy (non-hydrogen) atoms. The standard InChI is InChI=1S/C16H31N3OS/c1-7-13(5)15-14(11-17-8-2)21-16(18-15)19(12(3)4)9-10-20-6/h12-13,17H,7-11H2,1-6H3. The molecule has 1 rings (SSSR count). The van der Waals surface area contributed by atoms with Gasteiger partial charge in [0.05, 0.1) is 12.3 Å². The lowest BCUT2D eigenvalue weighted by molar-refractivity contribution is 0.204. The first kappa shape index (κ1) is 18.4. The van der Waals surface area contributed by atoms with Crippen LogP contribution in [0.15, 0.2) is 0 Å². The van der Waals surface area contributed by atoms with Gasteiger partial charge < -0.3 is 15.0 Å². The Balaban J connectivity index is 3.01. The number of anilines is 1. The summed E-state index contributed by atoms with van der Waals surface area (Å²) in [4.78, 5) is 8.68. The van der Waals surface area contributed by atoms with Crippen molar-refractivity contribution in [3.63, 3.8) is 0 Å². The maximum absolute atomic E-state index is 5.24. The minimum atomic E-state index is 0.433. The summed E-state index contributed by atoms with van der Waals surface area (Å²) in [5.41, 5.74) is 1.27. The topological polar surface area (TPSA) is 37.4 Å². The van der Waals surface area contributed by atoms with Crippen LogP contribution in [0.2, 0.25) is 0 Å². The molecule has 0 amide bonds. The second-order valence-electron chi connectivity index (χ2n) is 5.67. The Hall–Kier alpha value is -0.650. The third-order valence-electron chi connectivity index (χ3n) is 3.74. The summed E-state index contributed by atoms with van der Waals surface area (Å²) in [6.07, 6.45) is 1.13. The van der Waals surface area contributed by atoms with E-state index in [-0.39, 0.29) is 0 Å². The van der Waals surface area contributed by atoms with Gasteiger partial charge in [0.25, 0.3) is 0 Å². The zero-order valence-electron chi connectivity index (χ0n) is 14.4. The summed E-state index contributed by atoms with van der Waals surface area (Å²) in [7, 11) is 1.75. The summed E-state index contributed by atoms with van der Waals surface area (Å²) < 4.78 is 5.24. The molecule has 122 valence electrons. The van der Waals surface area contributed by atoms with Gasteiger partial charge in [-0.25, -0.2) is 4.98 Å². The van der Waals surface area contributed by atoms with Gasteiger partial charge in [-0.2, -0.15) is 0 Å². The molecule has 1 N–H and O–H groups in total. The lowest BCUT2D eigenvalue weighted by Crippen LogP contribution is -2.33. The second-order valence-corrected chi connectivity index (χ2v) is 6.74. The van der Waals surface area contributed by atoms with Gasteiger partial charge in [-0.15, -0.1) is 11.3 Å². The van der Waals surface area contributed by atoms with Crippen LogP contribution >= 0.6 is 11.3 Å². The Morgan fingerprint density at radius 2 is 2.00 bits per heavy atom. The van der Waals surface area contributed by atoms with Gasteiger partial charge in [0.1, 0.15) is 0 Å². The number of thiazole rings is 1. The normalized spacial score (nSPS) is 12.9. The van der Waals surface area contributed by atoms with Crippen molar-refractivity contribution in [2.75, 3.05) is 31.7 Å². The van der Waals surface area contributed by atoms with Gasteiger partial charge in [0.2, 0.25) is 0 Å². The maximum atomic E-state index is 5.24. The predicted octanol–water partition coefficient (Wildman–Crippen LogP) is 3.63. The van der Waals surface area contributed by atoms with Crippen LogP contribution in [-0.2, 0) is 11.3 Å². The number of rotatable bonds is 10. The fourth-order valence-corrected chi connectivity index (χ4v) is 3.49. The van der Waals surface area contributed by atoms with Crippen molar-refractivity contribution in [2.45, 2.75) is 59.5 Å². The van der Waals surface area contributed by atoms with Gasteiger partial charge in [0, 0.05) is 31.1 Å². The maximum Gasteiger partial charge on any atom is 0.186 e. The number of nitrogens with one attached hydrogen (secondary N) is 1. The molecule has 0 aromatic carbocycles. The molecule has 0 aliphatic rings. The molecule has 0 spiro atoms. The summed E-state index contributed by atoms with van der Waals surface area (Å²) in [6, 6.07) is 0.433. The third-order valence-corrected chi connectivity index (χ3v) is 4.84. The van der Waals surface area contributed by atoms with Crippen LogP contribution in [0.25, 0.3) is 0 Å². The van der Waals surface area contributed by atoms with E-state index < -0.39 is 0 Å². The first-order valence-corrected chi connectivity index (χ1v) is 8.82. The molecule has 1 heterocycles. The summed E-state index contributed by atoms with van der Waals surface area (Å²) >= 11 is 1.83. The van der Waals surface area contributed by atoms with Crippen molar-refractivity contribution in [1.29, 1.82) is 0 Å². The number of hydrogen-bond acceptors (Lipinski definition) is 5. The van der Waals surface area contributed by atoms with Crippen molar-refractivity contribution < 1.29 is 4.74 Å². The lowest BCUT2D eigenvalue weighted by atomic mass is 10.0.